The first-order valence-corrected chi connectivity index (χ1v) is 12.6. The number of piperidine rings is 1. The van der Waals surface area contributed by atoms with Crippen molar-refractivity contribution in [3.8, 4) is 16.9 Å². The summed E-state index contributed by atoms with van der Waals surface area (Å²) in [7, 11) is 2.14. The van der Waals surface area contributed by atoms with Crippen LogP contribution in [0.2, 0.25) is 0 Å². The number of nitrogens with zero attached hydrogens (tertiary/aromatic N) is 3. The maximum Gasteiger partial charge on any atom is 0.281 e. The minimum atomic E-state index is -0.330. The number of rotatable bonds is 3. The molecule has 3 aliphatic heterocycles. The van der Waals surface area contributed by atoms with Crippen LogP contribution in [0.1, 0.15) is 50.9 Å². The minimum absolute atomic E-state index is 0.0237. The Bertz CT molecular complexity index is 1440. The van der Waals surface area contributed by atoms with Gasteiger partial charge in [0.25, 0.3) is 11.5 Å². The monoisotopic (exact) mass is 492 g/mol. The lowest BCUT2D eigenvalue weighted by atomic mass is 9.77. The van der Waals surface area contributed by atoms with Gasteiger partial charge in [0, 0.05) is 33.4 Å². The number of aromatic nitrogens is 2. The fourth-order valence-electron chi connectivity index (χ4n) is 5.32. The van der Waals surface area contributed by atoms with Gasteiger partial charge in [-0.15, -0.1) is 11.3 Å². The summed E-state index contributed by atoms with van der Waals surface area (Å²) in [5.41, 5.74) is 1.69. The molecule has 0 spiro atoms. The number of halogens is 1. The van der Waals surface area contributed by atoms with E-state index in [-0.39, 0.29) is 34.4 Å². The standard InChI is InChI=1S/C27H29FN4O2S/c1-26(2)13-17(14-27(3,4)31(26)5)29-24(33)16-9-11-18(12-10-16)32-25(34)20-15-35-23-19(22(20)30-32)7-6-8-21(23)28/h6-12,15,17H,13-14H2,1-5H3,(H,29,33). The second kappa shape index (κ2) is 8.24. The SMILES string of the molecule is CN1C(C)(C)CC(NC(=O)c2ccc(-n3nc4c5cccc(F)c5scc-4c3=O)cc2)CC1(C)C. The minimum Gasteiger partial charge on any atom is -0.349 e. The molecule has 8 heteroatoms. The van der Waals surface area contributed by atoms with Gasteiger partial charge in [0.15, 0.2) is 0 Å². The zero-order valence-electron chi connectivity index (χ0n) is 20.6. The number of carbonyl (C=O) groups is 1. The van der Waals surface area contributed by atoms with Gasteiger partial charge >= 0.3 is 0 Å². The van der Waals surface area contributed by atoms with Gasteiger partial charge in [-0.3, -0.25) is 14.5 Å². The normalized spacial score (nSPS) is 18.2. The van der Waals surface area contributed by atoms with Crippen molar-refractivity contribution in [2.24, 2.45) is 0 Å². The third-order valence-electron chi connectivity index (χ3n) is 7.41. The molecule has 1 saturated heterocycles. The molecule has 6 nitrogen and oxygen atoms in total. The first-order valence-electron chi connectivity index (χ1n) is 11.7. The number of carbonyl (C=O) groups excluding carboxylic acids is 1. The second-order valence-electron chi connectivity index (χ2n) is 10.6. The molecule has 0 aliphatic carbocycles. The first-order chi connectivity index (χ1) is 16.5. The average molecular weight is 493 g/mol. The Morgan fingerprint density at radius 2 is 1.74 bits per heavy atom. The molecule has 2 aromatic carbocycles. The molecule has 3 aliphatic rings. The number of fused-ring (bicyclic) bond motifs is 3. The zero-order chi connectivity index (χ0) is 25.1. The number of hydrogen-bond donors (Lipinski definition) is 1. The van der Waals surface area contributed by atoms with E-state index in [1.807, 2.05) is 0 Å². The molecule has 0 bridgehead atoms. The highest BCUT2D eigenvalue weighted by atomic mass is 32.1. The van der Waals surface area contributed by atoms with Crippen molar-refractivity contribution >= 4 is 27.3 Å². The summed E-state index contributed by atoms with van der Waals surface area (Å²) >= 11 is 1.19. The third-order valence-corrected chi connectivity index (χ3v) is 8.42. The molecule has 1 N–H and O–H groups in total. The number of benzene rings is 2. The highest BCUT2D eigenvalue weighted by molar-refractivity contribution is 7.17. The molecule has 3 heterocycles. The van der Waals surface area contributed by atoms with Crippen molar-refractivity contribution in [3.63, 3.8) is 0 Å². The molecule has 0 radical (unpaired) electrons. The lowest BCUT2D eigenvalue weighted by molar-refractivity contribution is -0.0169. The molecule has 182 valence electrons. The number of hydrogen-bond acceptors (Lipinski definition) is 5. The van der Waals surface area contributed by atoms with Crippen LogP contribution in [-0.2, 0) is 0 Å². The number of likely N-dealkylation sites (tertiary alicyclic amines) is 1. The third kappa shape index (κ3) is 4.04. The Labute approximate surface area is 207 Å². The fraction of sp³-hybridized carbons (Fsp3) is 0.370. The molecule has 35 heavy (non-hydrogen) atoms. The highest BCUT2D eigenvalue weighted by Gasteiger charge is 2.43. The molecule has 1 amide bonds. The maximum absolute atomic E-state index is 14.2. The quantitative estimate of drug-likeness (QED) is 0.434. The highest BCUT2D eigenvalue weighted by Crippen LogP contribution is 2.37. The van der Waals surface area contributed by atoms with E-state index in [0.29, 0.717) is 32.6 Å². The van der Waals surface area contributed by atoms with Gasteiger partial charge in [-0.05, 0) is 77.9 Å². The Morgan fingerprint density at radius 1 is 1.09 bits per heavy atom. The van der Waals surface area contributed by atoms with Crippen LogP contribution in [0.5, 0.6) is 0 Å². The van der Waals surface area contributed by atoms with Gasteiger partial charge in [0.1, 0.15) is 11.5 Å². The summed E-state index contributed by atoms with van der Waals surface area (Å²) in [6.07, 6.45) is 1.73. The zero-order valence-corrected chi connectivity index (χ0v) is 21.4. The van der Waals surface area contributed by atoms with Crippen LogP contribution in [-0.4, -0.2) is 44.8 Å². The molecule has 5 rings (SSSR count). The van der Waals surface area contributed by atoms with Crippen molar-refractivity contribution in [3.05, 3.63) is 69.6 Å². The lowest BCUT2D eigenvalue weighted by Crippen LogP contribution is -2.62. The van der Waals surface area contributed by atoms with E-state index in [9.17, 15) is 14.0 Å². The Hall–Kier alpha value is -3.10. The van der Waals surface area contributed by atoms with Gasteiger partial charge in [-0.2, -0.15) is 9.78 Å². The maximum atomic E-state index is 14.2. The average Bonchev–Trinajstić information content (AvgIpc) is 3.14. The molecule has 0 unspecified atom stereocenters. The Morgan fingerprint density at radius 3 is 2.40 bits per heavy atom. The van der Waals surface area contributed by atoms with Gasteiger partial charge in [-0.1, -0.05) is 12.1 Å². The second-order valence-corrected chi connectivity index (χ2v) is 11.5. The van der Waals surface area contributed by atoms with Crippen LogP contribution < -0.4 is 10.9 Å². The smallest absolute Gasteiger partial charge is 0.281 e. The molecule has 2 aromatic rings. The fourth-order valence-corrected chi connectivity index (χ4v) is 6.24. The molecular formula is C27H29FN4O2S. The predicted molar refractivity (Wildman–Crippen MR) is 138 cm³/mol. The Kier molecular flexibility index (Phi) is 5.56. The summed E-state index contributed by atoms with van der Waals surface area (Å²) in [5.74, 6) is -0.461. The van der Waals surface area contributed by atoms with Crippen LogP contribution in [0.3, 0.4) is 0 Å². The summed E-state index contributed by atoms with van der Waals surface area (Å²) in [6.45, 7) is 8.81. The van der Waals surface area contributed by atoms with Crippen LogP contribution in [0, 0.1) is 5.82 Å². The molecule has 0 atom stereocenters. The summed E-state index contributed by atoms with van der Waals surface area (Å²) in [6, 6.07) is 11.7. The van der Waals surface area contributed by atoms with E-state index in [1.165, 1.54) is 22.1 Å². The summed E-state index contributed by atoms with van der Waals surface area (Å²) < 4.78 is 16.0. The van der Waals surface area contributed by atoms with Gasteiger partial charge < -0.3 is 5.32 Å². The Balaban J connectivity index is 1.40. The van der Waals surface area contributed by atoms with Crippen LogP contribution in [0.25, 0.3) is 27.0 Å². The molecular weight excluding hydrogens is 463 g/mol. The number of amides is 1. The van der Waals surface area contributed by atoms with E-state index >= 15 is 0 Å². The van der Waals surface area contributed by atoms with Crippen LogP contribution in [0.15, 0.2) is 52.6 Å². The largest absolute Gasteiger partial charge is 0.349 e. The van der Waals surface area contributed by atoms with Crippen molar-refractivity contribution < 1.29 is 9.18 Å². The lowest BCUT2D eigenvalue weighted by Gasteiger charge is -2.53. The molecule has 1 fully saturated rings. The van der Waals surface area contributed by atoms with Gasteiger partial charge in [-0.25, -0.2) is 4.39 Å². The van der Waals surface area contributed by atoms with E-state index in [4.69, 9.17) is 0 Å². The van der Waals surface area contributed by atoms with Crippen molar-refractivity contribution in [2.75, 3.05) is 7.05 Å². The van der Waals surface area contributed by atoms with Crippen LogP contribution in [0.4, 0.5) is 4.39 Å². The van der Waals surface area contributed by atoms with Gasteiger partial charge in [0.2, 0.25) is 0 Å². The van der Waals surface area contributed by atoms with E-state index in [0.717, 1.165) is 12.8 Å². The van der Waals surface area contributed by atoms with Crippen molar-refractivity contribution in [1.29, 1.82) is 0 Å². The van der Waals surface area contributed by atoms with Gasteiger partial charge in [0.05, 0.1) is 16.0 Å². The topological polar surface area (TPSA) is 67.2 Å². The number of nitrogens with one attached hydrogen (secondary N) is 1. The van der Waals surface area contributed by atoms with E-state index < -0.39 is 0 Å². The summed E-state index contributed by atoms with van der Waals surface area (Å²) in [4.78, 5) is 28.4. The first kappa shape index (κ1) is 23.6. The molecule has 0 saturated carbocycles. The van der Waals surface area contributed by atoms with Crippen LogP contribution >= 0.6 is 11.3 Å². The van der Waals surface area contributed by atoms with Crippen molar-refractivity contribution in [1.82, 2.24) is 20.0 Å². The van der Waals surface area contributed by atoms with E-state index in [2.05, 4.69) is 50.1 Å². The predicted octanol–water partition coefficient (Wildman–Crippen LogP) is 5.07. The summed E-state index contributed by atoms with van der Waals surface area (Å²) in [5, 5.41) is 9.96. The molecule has 0 aromatic heterocycles. The van der Waals surface area contributed by atoms with E-state index in [1.54, 1.807) is 41.8 Å². The van der Waals surface area contributed by atoms with Crippen molar-refractivity contribution in [2.45, 2.75) is 57.7 Å².